The molecule has 0 atom stereocenters. The molecular weight excluding hydrogens is 346 g/mol. The number of rotatable bonds is 5. The maximum Gasteiger partial charge on any atom is 0.195 e. The maximum absolute atomic E-state index is 9.35. The highest BCUT2D eigenvalue weighted by Gasteiger charge is 2.22. The molecule has 3 heterocycles. The van der Waals surface area contributed by atoms with Crippen LogP contribution in [0.4, 0.5) is 0 Å². The van der Waals surface area contributed by atoms with E-state index in [1.54, 1.807) is 17.6 Å². The van der Waals surface area contributed by atoms with Crippen molar-refractivity contribution in [1.29, 1.82) is 5.26 Å². The summed E-state index contributed by atoms with van der Waals surface area (Å²) in [5, 5.41) is 9.35. The fourth-order valence-corrected chi connectivity index (χ4v) is 4.14. The van der Waals surface area contributed by atoms with Crippen LogP contribution in [-0.4, -0.2) is 16.0 Å². The molecule has 0 aliphatic rings. The van der Waals surface area contributed by atoms with Gasteiger partial charge in [-0.1, -0.05) is 0 Å². The van der Waals surface area contributed by atoms with E-state index in [0.717, 1.165) is 38.2 Å². The van der Waals surface area contributed by atoms with Gasteiger partial charge in [0.1, 0.15) is 11.4 Å². The molecule has 0 bridgehead atoms. The van der Waals surface area contributed by atoms with E-state index in [1.807, 2.05) is 43.3 Å². The zero-order valence-electron chi connectivity index (χ0n) is 14.5. The van der Waals surface area contributed by atoms with Gasteiger partial charge < -0.3 is 9.15 Å². The van der Waals surface area contributed by atoms with E-state index in [1.165, 1.54) is 0 Å². The van der Waals surface area contributed by atoms with Crippen molar-refractivity contribution in [1.82, 2.24) is 9.38 Å². The number of nitriles is 1. The minimum atomic E-state index is 0.261. The first kappa shape index (κ1) is 16.4. The quantitative estimate of drug-likeness (QED) is 0.495. The molecule has 0 fully saturated rings. The highest BCUT2D eigenvalue weighted by atomic mass is 32.1. The van der Waals surface area contributed by atoms with Crippen molar-refractivity contribution >= 4 is 16.3 Å². The number of benzene rings is 1. The lowest BCUT2D eigenvalue weighted by molar-refractivity contribution is 0.340. The number of nitrogens with zero attached hydrogens (tertiary/aromatic N) is 3. The Hall–Kier alpha value is -3.04. The Morgan fingerprint density at radius 2 is 2.08 bits per heavy atom. The van der Waals surface area contributed by atoms with Crippen molar-refractivity contribution in [2.45, 2.75) is 20.3 Å². The highest BCUT2D eigenvalue weighted by Crippen LogP contribution is 2.37. The Bertz CT molecular complexity index is 1080. The number of aryl methyl sites for hydroxylation is 1. The van der Waals surface area contributed by atoms with Crippen LogP contribution in [0.2, 0.25) is 0 Å². The number of fused-ring (bicyclic) bond motifs is 1. The molecule has 0 aliphatic carbocycles. The number of ether oxygens (including phenoxy) is 1. The van der Waals surface area contributed by atoms with Gasteiger partial charge in [-0.3, -0.25) is 4.40 Å². The molecule has 0 amide bonds. The largest absolute Gasteiger partial charge is 0.494 e. The van der Waals surface area contributed by atoms with E-state index in [2.05, 4.69) is 17.4 Å². The summed E-state index contributed by atoms with van der Waals surface area (Å²) in [5.41, 5.74) is 3.71. The predicted molar refractivity (Wildman–Crippen MR) is 101 cm³/mol. The van der Waals surface area contributed by atoms with Gasteiger partial charge in [-0.25, -0.2) is 4.98 Å². The van der Waals surface area contributed by atoms with E-state index >= 15 is 0 Å². The highest BCUT2D eigenvalue weighted by molar-refractivity contribution is 7.17. The second-order valence-corrected chi connectivity index (χ2v) is 6.98. The van der Waals surface area contributed by atoms with E-state index < -0.39 is 0 Å². The lowest BCUT2D eigenvalue weighted by Crippen LogP contribution is -1.96. The van der Waals surface area contributed by atoms with Crippen molar-refractivity contribution in [2.24, 2.45) is 0 Å². The van der Waals surface area contributed by atoms with Gasteiger partial charge in [-0.2, -0.15) is 5.26 Å². The molecule has 0 spiro atoms. The normalized spacial score (nSPS) is 11.0. The molecule has 0 unspecified atom stereocenters. The Morgan fingerprint density at radius 3 is 2.73 bits per heavy atom. The average Bonchev–Trinajstić information content (AvgIpc) is 3.33. The molecular formula is C20H17N3O2S. The Labute approximate surface area is 155 Å². The number of thiazole rings is 1. The van der Waals surface area contributed by atoms with Crippen molar-refractivity contribution < 1.29 is 9.15 Å². The Balaban J connectivity index is 1.92. The molecule has 0 aliphatic heterocycles. The number of hydrogen-bond donors (Lipinski definition) is 0. The lowest BCUT2D eigenvalue weighted by atomic mass is 10.1. The number of aromatic nitrogens is 2. The van der Waals surface area contributed by atoms with Crippen LogP contribution in [0.15, 0.2) is 47.1 Å². The van der Waals surface area contributed by atoms with E-state index in [4.69, 9.17) is 14.1 Å². The third-order valence-electron chi connectivity index (χ3n) is 4.18. The molecule has 0 N–H and O–H groups in total. The van der Waals surface area contributed by atoms with Gasteiger partial charge in [0.05, 0.1) is 36.7 Å². The van der Waals surface area contributed by atoms with Gasteiger partial charge in [-0.05, 0) is 55.8 Å². The lowest BCUT2D eigenvalue weighted by Gasteiger charge is -2.07. The summed E-state index contributed by atoms with van der Waals surface area (Å²) in [6, 6.07) is 14.0. The SMILES string of the molecule is CCOc1ccc(-c2c(C)sc3nc(-c4ccco4)c(CC#N)n23)cc1. The summed E-state index contributed by atoms with van der Waals surface area (Å²) in [5.74, 6) is 1.53. The number of furan rings is 1. The average molecular weight is 363 g/mol. The minimum absolute atomic E-state index is 0.261. The van der Waals surface area contributed by atoms with Gasteiger partial charge in [0.2, 0.25) is 0 Å². The topological polar surface area (TPSA) is 63.5 Å². The first-order valence-electron chi connectivity index (χ1n) is 8.37. The summed E-state index contributed by atoms with van der Waals surface area (Å²) in [6.45, 7) is 4.69. The third-order valence-corrected chi connectivity index (χ3v) is 5.14. The van der Waals surface area contributed by atoms with Crippen LogP contribution in [0.1, 0.15) is 17.5 Å². The zero-order valence-corrected chi connectivity index (χ0v) is 15.3. The van der Waals surface area contributed by atoms with Crippen LogP contribution in [0.5, 0.6) is 5.75 Å². The summed E-state index contributed by atoms with van der Waals surface area (Å²) < 4.78 is 13.1. The second-order valence-electron chi connectivity index (χ2n) is 5.80. The van der Waals surface area contributed by atoms with E-state index in [9.17, 15) is 5.26 Å². The molecule has 0 saturated carbocycles. The fourth-order valence-electron chi connectivity index (χ4n) is 3.13. The first-order valence-corrected chi connectivity index (χ1v) is 9.19. The van der Waals surface area contributed by atoms with E-state index in [-0.39, 0.29) is 6.42 Å². The molecule has 26 heavy (non-hydrogen) atoms. The van der Waals surface area contributed by atoms with Crippen LogP contribution in [0.25, 0.3) is 27.7 Å². The molecule has 3 aromatic heterocycles. The number of imidazole rings is 1. The van der Waals surface area contributed by atoms with Crippen molar-refractivity contribution in [3.8, 4) is 34.5 Å². The van der Waals surface area contributed by atoms with Gasteiger partial charge in [-0.15, -0.1) is 11.3 Å². The van der Waals surface area contributed by atoms with Crippen LogP contribution < -0.4 is 4.74 Å². The standard InChI is InChI=1S/C20H17N3O2S/c1-3-24-15-8-6-14(7-9-15)19-13(2)26-20-22-18(17-5-4-12-25-17)16(10-11-21)23(19)20/h4-9,12H,3,10H2,1-2H3. The summed E-state index contributed by atoms with van der Waals surface area (Å²) in [7, 11) is 0. The molecule has 1 aromatic carbocycles. The van der Waals surface area contributed by atoms with Gasteiger partial charge in [0, 0.05) is 4.88 Å². The summed E-state index contributed by atoms with van der Waals surface area (Å²) in [4.78, 5) is 6.76. The van der Waals surface area contributed by atoms with Gasteiger partial charge in [0.25, 0.3) is 0 Å². The molecule has 5 nitrogen and oxygen atoms in total. The molecule has 130 valence electrons. The van der Waals surface area contributed by atoms with Gasteiger partial charge >= 0.3 is 0 Å². The van der Waals surface area contributed by atoms with Crippen molar-refractivity contribution in [3.05, 3.63) is 53.2 Å². The minimum Gasteiger partial charge on any atom is -0.494 e. The summed E-state index contributed by atoms with van der Waals surface area (Å²) in [6.07, 6.45) is 1.88. The smallest absolute Gasteiger partial charge is 0.195 e. The monoisotopic (exact) mass is 363 g/mol. The zero-order chi connectivity index (χ0) is 18.1. The molecule has 0 saturated heterocycles. The maximum atomic E-state index is 9.35. The van der Waals surface area contributed by atoms with E-state index in [0.29, 0.717) is 12.4 Å². The predicted octanol–water partition coefficient (Wildman–Crippen LogP) is 5.10. The third kappa shape index (κ3) is 2.67. The fraction of sp³-hybridized carbons (Fsp3) is 0.200. The van der Waals surface area contributed by atoms with Crippen LogP contribution in [0.3, 0.4) is 0 Å². The second kappa shape index (κ2) is 6.70. The van der Waals surface area contributed by atoms with Crippen molar-refractivity contribution in [3.63, 3.8) is 0 Å². The first-order chi connectivity index (χ1) is 12.7. The van der Waals surface area contributed by atoms with Crippen LogP contribution in [-0.2, 0) is 6.42 Å². The Morgan fingerprint density at radius 1 is 1.27 bits per heavy atom. The Kier molecular flexibility index (Phi) is 4.23. The van der Waals surface area contributed by atoms with Crippen molar-refractivity contribution in [2.75, 3.05) is 6.61 Å². The van der Waals surface area contributed by atoms with Crippen LogP contribution in [0, 0.1) is 18.3 Å². The molecule has 6 heteroatoms. The van der Waals surface area contributed by atoms with Crippen LogP contribution >= 0.6 is 11.3 Å². The summed E-state index contributed by atoms with van der Waals surface area (Å²) >= 11 is 1.62. The molecule has 4 rings (SSSR count). The van der Waals surface area contributed by atoms with Gasteiger partial charge in [0.15, 0.2) is 10.7 Å². The molecule has 4 aromatic rings. The number of hydrogen-bond acceptors (Lipinski definition) is 5. The molecule has 0 radical (unpaired) electrons.